The Kier molecular flexibility index (Phi) is 2.73. The van der Waals surface area contributed by atoms with Crippen LogP contribution in [-0.2, 0) is 4.79 Å². The lowest BCUT2D eigenvalue weighted by atomic mass is 9.76. The molecule has 1 aliphatic rings. The van der Waals surface area contributed by atoms with Gasteiger partial charge in [-0.2, -0.15) is 0 Å². The largest absolute Gasteiger partial charge is 0.370 e. The molecule has 3 nitrogen and oxygen atoms in total. The fourth-order valence-corrected chi connectivity index (χ4v) is 1.86. The first-order valence-corrected chi connectivity index (χ1v) is 4.59. The molecule has 0 unspecified atom stereocenters. The second kappa shape index (κ2) is 3.44. The molecule has 0 spiro atoms. The number of rotatable bonds is 2. The van der Waals surface area contributed by atoms with Crippen LogP contribution in [-0.4, -0.2) is 11.4 Å². The predicted octanol–water partition coefficient (Wildman–Crippen LogP) is 0.769. The molecule has 1 saturated carbocycles. The molecule has 0 saturated heterocycles. The van der Waals surface area contributed by atoms with Gasteiger partial charge in [0.1, 0.15) is 0 Å². The summed E-state index contributed by atoms with van der Waals surface area (Å²) < 4.78 is 0. The molecule has 4 N–H and O–H groups in total. The molecule has 12 heavy (non-hydrogen) atoms. The Balaban J connectivity index is 2.44. The van der Waals surface area contributed by atoms with Crippen LogP contribution in [0.15, 0.2) is 0 Å². The molecule has 1 fully saturated rings. The first-order valence-electron chi connectivity index (χ1n) is 4.59. The molecular formula is C9H18N2O. The number of nitrogens with two attached hydrogens (primary N) is 2. The molecule has 0 atom stereocenters. The predicted molar refractivity (Wildman–Crippen MR) is 48.4 cm³/mol. The summed E-state index contributed by atoms with van der Waals surface area (Å²) in [5.74, 6) is 0.488. The maximum absolute atomic E-state index is 10.7. The van der Waals surface area contributed by atoms with Crippen molar-refractivity contribution in [1.82, 2.24) is 0 Å². The van der Waals surface area contributed by atoms with Gasteiger partial charge in [0.2, 0.25) is 5.91 Å². The van der Waals surface area contributed by atoms with Crippen molar-refractivity contribution in [1.29, 1.82) is 0 Å². The van der Waals surface area contributed by atoms with Gasteiger partial charge in [-0.1, -0.05) is 6.92 Å². The quantitative estimate of drug-likeness (QED) is 0.642. The highest BCUT2D eigenvalue weighted by Crippen LogP contribution is 2.31. The highest BCUT2D eigenvalue weighted by molar-refractivity contribution is 5.75. The van der Waals surface area contributed by atoms with Gasteiger partial charge in [0.25, 0.3) is 0 Å². The minimum Gasteiger partial charge on any atom is -0.370 e. The summed E-state index contributed by atoms with van der Waals surface area (Å²) in [6, 6.07) is 0. The molecular weight excluding hydrogens is 152 g/mol. The van der Waals surface area contributed by atoms with Gasteiger partial charge in [-0.05, 0) is 31.6 Å². The number of amides is 1. The van der Waals surface area contributed by atoms with Crippen LogP contribution in [0.5, 0.6) is 0 Å². The van der Waals surface area contributed by atoms with Crippen LogP contribution in [0.3, 0.4) is 0 Å². The van der Waals surface area contributed by atoms with Crippen LogP contribution in [0.1, 0.15) is 39.0 Å². The van der Waals surface area contributed by atoms with Gasteiger partial charge < -0.3 is 11.5 Å². The van der Waals surface area contributed by atoms with Crippen LogP contribution in [0.25, 0.3) is 0 Å². The van der Waals surface area contributed by atoms with E-state index in [2.05, 4.69) is 6.92 Å². The van der Waals surface area contributed by atoms with E-state index in [1.807, 2.05) is 0 Å². The number of hydrogen-bond donors (Lipinski definition) is 2. The lowest BCUT2D eigenvalue weighted by Gasteiger charge is -2.35. The number of carbonyl (C=O) groups is 1. The second-order valence-electron chi connectivity index (χ2n) is 4.19. The minimum absolute atomic E-state index is 0.271. The van der Waals surface area contributed by atoms with Gasteiger partial charge in [-0.3, -0.25) is 4.79 Å². The van der Waals surface area contributed by atoms with Crippen molar-refractivity contribution in [3.05, 3.63) is 0 Å². The summed E-state index contributed by atoms with van der Waals surface area (Å²) in [7, 11) is 0. The molecule has 1 amide bonds. The van der Waals surface area contributed by atoms with E-state index in [1.165, 1.54) is 0 Å². The fraction of sp³-hybridized carbons (Fsp3) is 0.889. The van der Waals surface area contributed by atoms with Crippen molar-refractivity contribution in [3.63, 3.8) is 0 Å². The standard InChI is InChI=1S/C9H18N2O/c1-7-2-4-9(11,5-3-7)6-8(10)12/h7H,2-6,11H2,1H3,(H2,10,12). The number of hydrogen-bond acceptors (Lipinski definition) is 2. The van der Waals surface area contributed by atoms with E-state index >= 15 is 0 Å². The van der Waals surface area contributed by atoms with Crippen LogP contribution in [0.4, 0.5) is 0 Å². The van der Waals surface area contributed by atoms with E-state index in [9.17, 15) is 4.79 Å². The summed E-state index contributed by atoms with van der Waals surface area (Å²) in [6.45, 7) is 2.23. The van der Waals surface area contributed by atoms with Crippen molar-refractivity contribution < 1.29 is 4.79 Å². The summed E-state index contributed by atoms with van der Waals surface area (Å²) in [5.41, 5.74) is 10.9. The Morgan fingerprint density at radius 3 is 2.42 bits per heavy atom. The zero-order chi connectivity index (χ0) is 9.19. The summed E-state index contributed by atoms with van der Waals surface area (Å²) in [4.78, 5) is 10.7. The van der Waals surface area contributed by atoms with Gasteiger partial charge in [0, 0.05) is 12.0 Å². The average molecular weight is 170 g/mol. The maximum atomic E-state index is 10.7. The molecule has 0 bridgehead atoms. The molecule has 0 heterocycles. The highest BCUT2D eigenvalue weighted by Gasteiger charge is 2.31. The first-order chi connectivity index (χ1) is 5.52. The SMILES string of the molecule is CC1CCC(N)(CC(N)=O)CC1. The Morgan fingerprint density at radius 2 is 2.00 bits per heavy atom. The van der Waals surface area contributed by atoms with Gasteiger partial charge >= 0.3 is 0 Å². The summed E-state index contributed by atoms with van der Waals surface area (Å²) in [6.07, 6.45) is 4.49. The summed E-state index contributed by atoms with van der Waals surface area (Å²) >= 11 is 0. The van der Waals surface area contributed by atoms with E-state index in [-0.39, 0.29) is 11.4 Å². The molecule has 0 aromatic carbocycles. The Bertz CT molecular complexity index is 171. The van der Waals surface area contributed by atoms with Gasteiger partial charge in [-0.25, -0.2) is 0 Å². The van der Waals surface area contributed by atoms with Crippen molar-refractivity contribution in [2.45, 2.75) is 44.6 Å². The van der Waals surface area contributed by atoms with Crippen LogP contribution >= 0.6 is 0 Å². The topological polar surface area (TPSA) is 69.1 Å². The van der Waals surface area contributed by atoms with Crippen molar-refractivity contribution >= 4 is 5.91 Å². The second-order valence-corrected chi connectivity index (χ2v) is 4.19. The van der Waals surface area contributed by atoms with E-state index in [0.717, 1.165) is 31.6 Å². The lowest BCUT2D eigenvalue weighted by molar-refractivity contribution is -0.119. The maximum Gasteiger partial charge on any atom is 0.219 e. The van der Waals surface area contributed by atoms with Crippen molar-refractivity contribution in [2.75, 3.05) is 0 Å². The van der Waals surface area contributed by atoms with Crippen LogP contribution in [0, 0.1) is 5.92 Å². The van der Waals surface area contributed by atoms with Crippen molar-refractivity contribution in [2.24, 2.45) is 17.4 Å². The molecule has 3 heteroatoms. The highest BCUT2D eigenvalue weighted by atomic mass is 16.1. The van der Waals surface area contributed by atoms with Gasteiger partial charge in [0.15, 0.2) is 0 Å². The number of carbonyl (C=O) groups excluding carboxylic acids is 1. The normalized spacial score (nSPS) is 36.3. The molecule has 0 radical (unpaired) electrons. The molecule has 0 aromatic rings. The van der Waals surface area contributed by atoms with Crippen molar-refractivity contribution in [3.8, 4) is 0 Å². The third-order valence-corrected chi connectivity index (χ3v) is 2.80. The molecule has 0 aromatic heterocycles. The van der Waals surface area contributed by atoms with Gasteiger partial charge in [-0.15, -0.1) is 0 Å². The van der Waals surface area contributed by atoms with Crippen LogP contribution < -0.4 is 11.5 Å². The third-order valence-electron chi connectivity index (χ3n) is 2.80. The molecule has 70 valence electrons. The third kappa shape index (κ3) is 2.48. The molecule has 0 aliphatic heterocycles. The monoisotopic (exact) mass is 170 g/mol. The van der Waals surface area contributed by atoms with Gasteiger partial charge in [0.05, 0.1) is 0 Å². The smallest absolute Gasteiger partial charge is 0.219 e. The first kappa shape index (κ1) is 9.52. The average Bonchev–Trinajstić information content (AvgIpc) is 1.94. The van der Waals surface area contributed by atoms with E-state index in [0.29, 0.717) is 6.42 Å². The lowest BCUT2D eigenvalue weighted by Crippen LogP contribution is -2.46. The Morgan fingerprint density at radius 1 is 1.50 bits per heavy atom. The van der Waals surface area contributed by atoms with E-state index < -0.39 is 0 Å². The van der Waals surface area contributed by atoms with E-state index in [1.54, 1.807) is 0 Å². The summed E-state index contributed by atoms with van der Waals surface area (Å²) in [5, 5.41) is 0. The number of primary amides is 1. The zero-order valence-electron chi connectivity index (χ0n) is 7.68. The Labute approximate surface area is 73.5 Å². The van der Waals surface area contributed by atoms with Crippen LogP contribution in [0.2, 0.25) is 0 Å². The fourth-order valence-electron chi connectivity index (χ4n) is 1.86. The van der Waals surface area contributed by atoms with E-state index in [4.69, 9.17) is 11.5 Å². The Hall–Kier alpha value is -0.570. The minimum atomic E-state index is -0.293. The zero-order valence-corrected chi connectivity index (χ0v) is 7.68. The molecule has 1 aliphatic carbocycles. The molecule has 1 rings (SSSR count).